The first-order valence-electron chi connectivity index (χ1n) is 12.8. The van der Waals surface area contributed by atoms with Gasteiger partial charge in [-0.25, -0.2) is 9.07 Å². The van der Waals surface area contributed by atoms with Crippen LogP contribution in [0.2, 0.25) is 0 Å². The maximum absolute atomic E-state index is 14.4. The average molecular weight is 539 g/mol. The molecule has 38 heavy (non-hydrogen) atoms. The monoisotopic (exact) mass is 538 g/mol. The molecule has 1 aromatic heterocycles. The van der Waals surface area contributed by atoms with Gasteiger partial charge in [-0.3, -0.25) is 14.5 Å². The van der Waals surface area contributed by atoms with Gasteiger partial charge in [0.2, 0.25) is 11.8 Å². The van der Waals surface area contributed by atoms with Crippen LogP contribution < -0.4 is 15.0 Å². The standard InChI is InChI=1S/C29H35FN4O3S/c1-7-18(2)31-23(35)16-33-24(36)17-38-26(19-9-8-10-20(30)15-19)25-27(29(3,4)5)32-34(28(25)33)21-11-13-22(37-6)14-12-21/h8-15,18,26H,7,16-17H2,1-6H3,(H,31,35)/t18-,26-/m1/s1. The number of benzene rings is 2. The highest BCUT2D eigenvalue weighted by molar-refractivity contribution is 8.00. The van der Waals surface area contributed by atoms with Crippen molar-refractivity contribution in [3.05, 3.63) is 71.2 Å². The number of hydrogen-bond donors (Lipinski definition) is 1. The number of fused-ring (bicyclic) bond motifs is 1. The SMILES string of the molecule is CC[C@@H](C)NC(=O)CN1C(=O)CS[C@H](c2cccc(F)c2)c2c(C(C)(C)C)nn(-c3ccc(OC)cc3)c21. The van der Waals surface area contributed by atoms with Crippen LogP contribution in [0.4, 0.5) is 10.2 Å². The van der Waals surface area contributed by atoms with Crippen LogP contribution >= 0.6 is 11.8 Å². The Bertz CT molecular complexity index is 1320. The van der Waals surface area contributed by atoms with Crippen molar-refractivity contribution in [2.75, 3.05) is 24.3 Å². The molecule has 2 aromatic carbocycles. The lowest BCUT2D eigenvalue weighted by molar-refractivity contribution is -0.123. The van der Waals surface area contributed by atoms with Gasteiger partial charge in [-0.15, -0.1) is 11.8 Å². The average Bonchev–Trinajstić information content (AvgIpc) is 3.22. The number of thioether (sulfide) groups is 1. The molecule has 0 saturated carbocycles. The third-order valence-corrected chi connectivity index (χ3v) is 7.84. The number of amides is 2. The van der Waals surface area contributed by atoms with Crippen LogP contribution in [0.1, 0.15) is 63.1 Å². The third kappa shape index (κ3) is 5.72. The largest absolute Gasteiger partial charge is 0.497 e. The van der Waals surface area contributed by atoms with E-state index in [1.807, 2.05) is 44.2 Å². The Balaban J connectivity index is 1.98. The molecule has 1 N–H and O–H groups in total. The van der Waals surface area contributed by atoms with E-state index in [0.717, 1.165) is 28.9 Å². The Hall–Kier alpha value is -3.33. The first-order valence-corrected chi connectivity index (χ1v) is 13.8. The Morgan fingerprint density at radius 1 is 1.24 bits per heavy atom. The molecule has 0 saturated heterocycles. The molecular weight excluding hydrogens is 503 g/mol. The number of anilines is 1. The molecule has 0 unspecified atom stereocenters. The molecule has 0 aliphatic carbocycles. The Labute approximate surface area is 227 Å². The minimum absolute atomic E-state index is 0.0184. The summed E-state index contributed by atoms with van der Waals surface area (Å²) in [5, 5.41) is 7.66. The fraction of sp³-hybridized carbons (Fsp3) is 0.414. The zero-order valence-corrected chi connectivity index (χ0v) is 23.6. The molecule has 2 heterocycles. The Morgan fingerprint density at radius 2 is 1.95 bits per heavy atom. The van der Waals surface area contributed by atoms with Crippen LogP contribution in [-0.4, -0.2) is 47.0 Å². The van der Waals surface area contributed by atoms with Gasteiger partial charge in [0.05, 0.1) is 29.5 Å². The molecule has 1 aliphatic heterocycles. The van der Waals surface area contributed by atoms with Crippen molar-refractivity contribution >= 4 is 29.4 Å². The highest BCUT2D eigenvalue weighted by atomic mass is 32.2. The minimum Gasteiger partial charge on any atom is -0.497 e. The predicted octanol–water partition coefficient (Wildman–Crippen LogP) is 5.40. The number of carbonyl (C=O) groups excluding carboxylic acids is 2. The second-order valence-electron chi connectivity index (χ2n) is 10.5. The van der Waals surface area contributed by atoms with Crippen LogP contribution in [0.15, 0.2) is 48.5 Å². The summed E-state index contributed by atoms with van der Waals surface area (Å²) in [4.78, 5) is 28.2. The van der Waals surface area contributed by atoms with Crippen molar-refractivity contribution in [1.29, 1.82) is 0 Å². The summed E-state index contributed by atoms with van der Waals surface area (Å²) >= 11 is 1.43. The van der Waals surface area contributed by atoms with Gasteiger partial charge in [0.25, 0.3) is 0 Å². The molecule has 2 amide bonds. The zero-order valence-electron chi connectivity index (χ0n) is 22.7. The van der Waals surface area contributed by atoms with Gasteiger partial charge in [0, 0.05) is 17.0 Å². The molecule has 0 bridgehead atoms. The maximum Gasteiger partial charge on any atom is 0.240 e. The highest BCUT2D eigenvalue weighted by Crippen LogP contribution is 2.48. The molecule has 3 aromatic rings. The second-order valence-corrected chi connectivity index (χ2v) is 11.6. The molecule has 4 rings (SSSR count). The summed E-state index contributed by atoms with van der Waals surface area (Å²) < 4.78 is 21.5. The zero-order chi connectivity index (χ0) is 27.6. The smallest absolute Gasteiger partial charge is 0.240 e. The van der Waals surface area contributed by atoms with Crippen molar-refractivity contribution in [2.24, 2.45) is 0 Å². The number of methoxy groups -OCH3 is 1. The number of nitrogens with zero attached hydrogens (tertiary/aromatic N) is 3. The minimum atomic E-state index is -0.397. The molecule has 0 fully saturated rings. The van der Waals surface area contributed by atoms with E-state index in [1.165, 1.54) is 28.8 Å². The van der Waals surface area contributed by atoms with Crippen molar-refractivity contribution in [3.63, 3.8) is 0 Å². The van der Waals surface area contributed by atoms with Gasteiger partial charge in [-0.2, -0.15) is 5.10 Å². The van der Waals surface area contributed by atoms with E-state index in [4.69, 9.17) is 9.84 Å². The van der Waals surface area contributed by atoms with Crippen LogP contribution in [0, 0.1) is 5.82 Å². The Morgan fingerprint density at radius 3 is 2.55 bits per heavy atom. The predicted molar refractivity (Wildman–Crippen MR) is 150 cm³/mol. The van der Waals surface area contributed by atoms with Crippen molar-refractivity contribution in [2.45, 2.75) is 57.7 Å². The lowest BCUT2D eigenvalue weighted by Gasteiger charge is -2.25. The fourth-order valence-corrected chi connectivity index (χ4v) is 5.66. The van der Waals surface area contributed by atoms with Gasteiger partial charge in [-0.05, 0) is 55.3 Å². The van der Waals surface area contributed by atoms with E-state index < -0.39 is 5.41 Å². The van der Waals surface area contributed by atoms with E-state index >= 15 is 0 Å². The lowest BCUT2D eigenvalue weighted by atomic mass is 9.87. The molecule has 2 atom stereocenters. The Kier molecular flexibility index (Phi) is 8.16. The second kappa shape index (κ2) is 11.2. The molecule has 1 aliphatic rings. The van der Waals surface area contributed by atoms with Crippen LogP contribution in [0.25, 0.3) is 5.69 Å². The molecular formula is C29H35FN4O3S. The molecule has 7 nitrogen and oxygen atoms in total. The molecule has 0 spiro atoms. The van der Waals surface area contributed by atoms with Crippen molar-refractivity contribution in [3.8, 4) is 11.4 Å². The van der Waals surface area contributed by atoms with Gasteiger partial charge in [-0.1, -0.05) is 39.8 Å². The third-order valence-electron chi connectivity index (χ3n) is 6.59. The van der Waals surface area contributed by atoms with Gasteiger partial charge in [0.15, 0.2) is 0 Å². The van der Waals surface area contributed by atoms with E-state index in [2.05, 4.69) is 26.1 Å². The molecule has 202 valence electrons. The normalized spacial score (nSPS) is 16.6. The van der Waals surface area contributed by atoms with Crippen molar-refractivity contribution < 1.29 is 18.7 Å². The first-order chi connectivity index (χ1) is 18.0. The van der Waals surface area contributed by atoms with Crippen LogP contribution in [0.3, 0.4) is 0 Å². The summed E-state index contributed by atoms with van der Waals surface area (Å²) in [5.41, 5.74) is 2.67. The first kappa shape index (κ1) is 27.7. The summed E-state index contributed by atoms with van der Waals surface area (Å²) in [6.45, 7) is 9.98. The van der Waals surface area contributed by atoms with Crippen LogP contribution in [-0.2, 0) is 15.0 Å². The topological polar surface area (TPSA) is 76.5 Å². The van der Waals surface area contributed by atoms with Gasteiger partial charge >= 0.3 is 0 Å². The van der Waals surface area contributed by atoms with E-state index in [9.17, 15) is 14.0 Å². The van der Waals surface area contributed by atoms with Crippen molar-refractivity contribution in [1.82, 2.24) is 15.1 Å². The fourth-order valence-electron chi connectivity index (χ4n) is 4.48. The number of halogens is 1. The molecule has 9 heteroatoms. The number of ether oxygens (including phenoxy) is 1. The number of nitrogens with one attached hydrogen (secondary N) is 1. The summed E-state index contributed by atoms with van der Waals surface area (Å²) in [7, 11) is 1.60. The van der Waals surface area contributed by atoms with E-state index in [-0.39, 0.29) is 41.2 Å². The summed E-state index contributed by atoms with van der Waals surface area (Å²) in [6.07, 6.45) is 0.778. The van der Waals surface area contributed by atoms with Gasteiger partial charge < -0.3 is 10.1 Å². The van der Waals surface area contributed by atoms with E-state index in [0.29, 0.717) is 11.6 Å². The summed E-state index contributed by atoms with van der Waals surface area (Å²) in [5.74, 6) is 0.571. The van der Waals surface area contributed by atoms with Crippen LogP contribution in [0.5, 0.6) is 5.75 Å². The number of aromatic nitrogens is 2. The van der Waals surface area contributed by atoms with Gasteiger partial charge in [0.1, 0.15) is 23.9 Å². The summed E-state index contributed by atoms with van der Waals surface area (Å²) in [6, 6.07) is 13.9. The van der Waals surface area contributed by atoms with E-state index in [1.54, 1.807) is 17.9 Å². The number of carbonyl (C=O) groups is 2. The lowest BCUT2D eigenvalue weighted by Crippen LogP contribution is -2.44. The maximum atomic E-state index is 14.4. The number of hydrogen-bond acceptors (Lipinski definition) is 5. The number of rotatable bonds is 7. The quantitative estimate of drug-likeness (QED) is 0.436. The highest BCUT2D eigenvalue weighted by Gasteiger charge is 2.40. The molecule has 0 radical (unpaired) electrons.